The minimum Gasteiger partial charge on any atom is -0.465 e. The van der Waals surface area contributed by atoms with Crippen LogP contribution in [0.25, 0.3) is 10.8 Å². The molecule has 0 fully saturated rings. The van der Waals surface area contributed by atoms with Crippen molar-refractivity contribution in [3.8, 4) is 0 Å². The van der Waals surface area contributed by atoms with Gasteiger partial charge in [0.15, 0.2) is 0 Å². The number of nitrogens with zero attached hydrogens (tertiary/aromatic N) is 3. The Morgan fingerprint density at radius 2 is 1.35 bits per heavy atom. The molecule has 0 aliphatic heterocycles. The van der Waals surface area contributed by atoms with E-state index in [1.54, 1.807) is 0 Å². The average molecular weight is 505 g/mol. The van der Waals surface area contributed by atoms with E-state index >= 15 is 0 Å². The molecule has 2 N–H and O–H groups in total. The number of carbonyl (C=O) groups excluding carboxylic acids is 3. The van der Waals surface area contributed by atoms with Crippen LogP contribution >= 0.6 is 0 Å². The first-order valence-corrected chi connectivity index (χ1v) is 11.9. The van der Waals surface area contributed by atoms with E-state index in [1.807, 2.05) is 72.8 Å². The number of benzene rings is 3. The van der Waals surface area contributed by atoms with Crippen molar-refractivity contribution in [1.82, 2.24) is 20.2 Å². The molecule has 0 aromatic heterocycles. The van der Waals surface area contributed by atoms with Crippen molar-refractivity contribution in [1.29, 1.82) is 0 Å². The van der Waals surface area contributed by atoms with Gasteiger partial charge in [0.1, 0.15) is 12.1 Å². The van der Waals surface area contributed by atoms with Gasteiger partial charge in [0, 0.05) is 40.9 Å². The third kappa shape index (κ3) is 6.84. The summed E-state index contributed by atoms with van der Waals surface area (Å²) >= 11 is 0. The lowest BCUT2D eigenvalue weighted by Crippen LogP contribution is -2.57. The predicted octanol–water partition coefficient (Wildman–Crippen LogP) is 2.94. The monoisotopic (exact) mass is 504 g/mol. The Balaban J connectivity index is 1.92. The Morgan fingerprint density at radius 3 is 1.97 bits per heavy atom. The van der Waals surface area contributed by atoms with Gasteiger partial charge < -0.3 is 10.0 Å². The fourth-order valence-corrected chi connectivity index (χ4v) is 4.06. The van der Waals surface area contributed by atoms with Gasteiger partial charge in [-0.3, -0.25) is 29.7 Å². The van der Waals surface area contributed by atoms with Crippen LogP contribution in [0.5, 0.6) is 0 Å². The van der Waals surface area contributed by atoms with Gasteiger partial charge in [-0.25, -0.2) is 4.79 Å². The van der Waals surface area contributed by atoms with Crippen LogP contribution in [0.3, 0.4) is 0 Å². The predicted molar refractivity (Wildman–Crippen MR) is 141 cm³/mol. The van der Waals surface area contributed by atoms with Gasteiger partial charge in [-0.15, -0.1) is 0 Å². The number of hydrazine groups is 1. The van der Waals surface area contributed by atoms with E-state index in [0.717, 1.165) is 31.8 Å². The van der Waals surface area contributed by atoms with Crippen LogP contribution in [-0.2, 0) is 27.2 Å². The van der Waals surface area contributed by atoms with Gasteiger partial charge in [0.25, 0.3) is 5.91 Å². The molecule has 9 heteroatoms. The summed E-state index contributed by atoms with van der Waals surface area (Å²) in [6, 6.07) is 20.6. The van der Waals surface area contributed by atoms with Crippen LogP contribution in [-0.4, -0.2) is 77.0 Å². The number of carboxylic acid groups (broad SMARTS) is 1. The van der Waals surface area contributed by atoms with Crippen molar-refractivity contribution in [3.63, 3.8) is 0 Å². The molecule has 0 aliphatic carbocycles. The summed E-state index contributed by atoms with van der Waals surface area (Å²) in [5.74, 6) is -1.46. The standard InChI is InChI=1S/C28H32N4O5/c1-19(33)32(4)29-26(34)24(17-20-10-6-5-7-11-20)30(2)27(35)25(31(3)28(36)37)18-21-14-15-22-12-8-9-13-23(22)16-21/h5-16,24-25H,17-18H2,1-4H3,(H,29,34)(H,36,37)/t24-,25-/m1/s1. The summed E-state index contributed by atoms with van der Waals surface area (Å²) in [4.78, 5) is 52.8. The Kier molecular flexibility index (Phi) is 8.84. The van der Waals surface area contributed by atoms with E-state index in [2.05, 4.69) is 5.43 Å². The zero-order chi connectivity index (χ0) is 27.1. The number of likely N-dealkylation sites (N-methyl/N-ethyl adjacent to an activating group) is 2. The molecular formula is C28H32N4O5. The van der Waals surface area contributed by atoms with E-state index in [9.17, 15) is 24.3 Å². The maximum Gasteiger partial charge on any atom is 0.407 e. The van der Waals surface area contributed by atoms with E-state index in [4.69, 9.17) is 0 Å². The summed E-state index contributed by atoms with van der Waals surface area (Å²) in [5.41, 5.74) is 4.12. The molecule has 194 valence electrons. The highest BCUT2D eigenvalue weighted by Crippen LogP contribution is 2.20. The quantitative estimate of drug-likeness (QED) is 0.459. The maximum absolute atomic E-state index is 13.8. The SMILES string of the molecule is CC(=O)N(C)NC(=O)[C@@H](Cc1ccccc1)N(C)C(=O)[C@@H](Cc1ccc2ccccc2c1)N(C)C(=O)O. The number of fused-ring (bicyclic) bond motifs is 1. The van der Waals surface area contributed by atoms with Crippen molar-refractivity contribution < 1.29 is 24.3 Å². The Hall–Kier alpha value is -4.40. The van der Waals surface area contributed by atoms with Crippen LogP contribution in [0.2, 0.25) is 0 Å². The van der Waals surface area contributed by atoms with Crippen LogP contribution < -0.4 is 5.43 Å². The number of hydrogen-bond acceptors (Lipinski definition) is 4. The molecule has 0 unspecified atom stereocenters. The van der Waals surface area contributed by atoms with Gasteiger partial charge >= 0.3 is 6.09 Å². The molecule has 0 saturated carbocycles. The second kappa shape index (κ2) is 12.0. The van der Waals surface area contributed by atoms with E-state index in [-0.39, 0.29) is 18.7 Å². The van der Waals surface area contributed by atoms with Crippen LogP contribution in [0.4, 0.5) is 4.79 Å². The van der Waals surface area contributed by atoms with Gasteiger partial charge in [-0.05, 0) is 21.9 Å². The Labute approximate surface area is 216 Å². The highest BCUT2D eigenvalue weighted by Gasteiger charge is 2.35. The van der Waals surface area contributed by atoms with Crippen LogP contribution in [0, 0.1) is 0 Å². The molecule has 37 heavy (non-hydrogen) atoms. The van der Waals surface area contributed by atoms with Crippen LogP contribution in [0.15, 0.2) is 72.8 Å². The van der Waals surface area contributed by atoms with Gasteiger partial charge in [0.2, 0.25) is 11.8 Å². The third-order valence-corrected chi connectivity index (χ3v) is 6.44. The zero-order valence-corrected chi connectivity index (χ0v) is 21.4. The van der Waals surface area contributed by atoms with Gasteiger partial charge in [-0.1, -0.05) is 72.8 Å². The number of hydrogen-bond donors (Lipinski definition) is 2. The lowest BCUT2D eigenvalue weighted by Gasteiger charge is -2.34. The Bertz CT molecular complexity index is 1280. The highest BCUT2D eigenvalue weighted by atomic mass is 16.4. The molecule has 3 aromatic rings. The summed E-state index contributed by atoms with van der Waals surface area (Å²) in [5, 5.41) is 12.8. The molecule has 0 bridgehead atoms. The average Bonchev–Trinajstić information content (AvgIpc) is 2.89. The molecule has 2 atom stereocenters. The van der Waals surface area contributed by atoms with E-state index in [0.29, 0.717) is 0 Å². The third-order valence-electron chi connectivity index (χ3n) is 6.44. The van der Waals surface area contributed by atoms with Gasteiger partial charge in [0.05, 0.1) is 0 Å². The largest absolute Gasteiger partial charge is 0.465 e. The first-order chi connectivity index (χ1) is 17.6. The molecule has 0 heterocycles. The second-order valence-electron chi connectivity index (χ2n) is 9.00. The fourth-order valence-electron chi connectivity index (χ4n) is 4.06. The number of amides is 4. The lowest BCUT2D eigenvalue weighted by atomic mass is 9.98. The number of rotatable bonds is 8. The lowest BCUT2D eigenvalue weighted by molar-refractivity contribution is -0.146. The zero-order valence-electron chi connectivity index (χ0n) is 21.4. The Morgan fingerprint density at radius 1 is 0.757 bits per heavy atom. The van der Waals surface area contributed by atoms with Crippen molar-refractivity contribution in [2.24, 2.45) is 0 Å². The van der Waals surface area contributed by atoms with Crippen molar-refractivity contribution in [2.45, 2.75) is 31.8 Å². The summed E-state index contributed by atoms with van der Waals surface area (Å²) in [7, 11) is 4.24. The van der Waals surface area contributed by atoms with Crippen molar-refractivity contribution in [3.05, 3.63) is 83.9 Å². The minimum atomic E-state index is -1.26. The summed E-state index contributed by atoms with van der Waals surface area (Å²) in [6.45, 7) is 1.31. The van der Waals surface area contributed by atoms with E-state index < -0.39 is 30.0 Å². The second-order valence-corrected chi connectivity index (χ2v) is 9.00. The summed E-state index contributed by atoms with van der Waals surface area (Å²) in [6.07, 6.45) is -0.947. The number of carbonyl (C=O) groups is 4. The molecule has 0 radical (unpaired) electrons. The molecule has 3 aromatic carbocycles. The van der Waals surface area contributed by atoms with Crippen LogP contribution in [0.1, 0.15) is 18.1 Å². The minimum absolute atomic E-state index is 0.129. The summed E-state index contributed by atoms with van der Waals surface area (Å²) < 4.78 is 0. The first kappa shape index (κ1) is 27.2. The molecule has 4 amide bonds. The van der Waals surface area contributed by atoms with Crippen molar-refractivity contribution >= 4 is 34.6 Å². The van der Waals surface area contributed by atoms with E-state index in [1.165, 1.54) is 33.0 Å². The first-order valence-electron chi connectivity index (χ1n) is 11.9. The van der Waals surface area contributed by atoms with Gasteiger partial charge in [-0.2, -0.15) is 0 Å². The topological polar surface area (TPSA) is 110 Å². The molecule has 9 nitrogen and oxygen atoms in total. The molecule has 0 aliphatic rings. The highest BCUT2D eigenvalue weighted by molar-refractivity contribution is 5.92. The fraction of sp³-hybridized carbons (Fsp3) is 0.286. The molecule has 3 rings (SSSR count). The molecule has 0 saturated heterocycles. The normalized spacial score (nSPS) is 12.3. The molecular weight excluding hydrogens is 472 g/mol. The van der Waals surface area contributed by atoms with Crippen molar-refractivity contribution in [2.75, 3.05) is 21.1 Å². The molecule has 0 spiro atoms. The number of nitrogens with one attached hydrogen (secondary N) is 1. The smallest absolute Gasteiger partial charge is 0.407 e. The maximum atomic E-state index is 13.8.